The van der Waals surface area contributed by atoms with Gasteiger partial charge in [0.15, 0.2) is 0 Å². The van der Waals surface area contributed by atoms with Crippen molar-refractivity contribution in [3.05, 3.63) is 12.2 Å². The third kappa shape index (κ3) is 0.898. The van der Waals surface area contributed by atoms with Gasteiger partial charge in [-0.2, -0.15) is 0 Å². The molecule has 0 aromatic carbocycles. The van der Waals surface area contributed by atoms with Crippen LogP contribution < -0.4 is 0 Å². The summed E-state index contributed by atoms with van der Waals surface area (Å²) in [6, 6.07) is 0. The fourth-order valence-corrected chi connectivity index (χ4v) is 5.17. The molecule has 82 valence electrons. The molecule has 1 saturated heterocycles. The molecule has 0 radical (unpaired) electrons. The first-order chi connectivity index (χ1) is 7.22. The molecule has 3 fully saturated rings. The number of hydrogen-bond donors (Lipinski definition) is 0. The number of fused-ring (bicyclic) bond motifs is 6. The molecule has 1 nitrogen and oxygen atoms in total. The summed E-state index contributed by atoms with van der Waals surface area (Å²) < 4.78 is 5.97. The molecule has 2 saturated carbocycles. The minimum absolute atomic E-state index is 0.352. The topological polar surface area (TPSA) is 12.5 Å². The van der Waals surface area contributed by atoms with E-state index in [-0.39, 0.29) is 0 Å². The van der Waals surface area contributed by atoms with Crippen molar-refractivity contribution in [1.82, 2.24) is 0 Å². The minimum atomic E-state index is 0.352. The lowest BCUT2D eigenvalue weighted by molar-refractivity contribution is 0.0906. The molecule has 0 aromatic rings. The van der Waals surface area contributed by atoms with Crippen molar-refractivity contribution in [2.45, 2.75) is 44.8 Å². The van der Waals surface area contributed by atoms with E-state index in [2.05, 4.69) is 26.0 Å². The zero-order valence-electron chi connectivity index (χ0n) is 9.65. The van der Waals surface area contributed by atoms with Crippen LogP contribution in [-0.4, -0.2) is 11.7 Å². The first-order valence-corrected chi connectivity index (χ1v) is 6.57. The van der Waals surface area contributed by atoms with E-state index < -0.39 is 0 Å². The smallest absolute Gasteiger partial charge is 0.0979 e. The molecular formula is C14H20O. The highest BCUT2D eigenvalue weighted by Gasteiger charge is 2.70. The first kappa shape index (κ1) is 8.81. The van der Waals surface area contributed by atoms with E-state index in [9.17, 15) is 0 Å². The Hall–Kier alpha value is -0.300. The van der Waals surface area contributed by atoms with Gasteiger partial charge in [0.25, 0.3) is 0 Å². The maximum atomic E-state index is 5.97. The zero-order valence-corrected chi connectivity index (χ0v) is 9.65. The monoisotopic (exact) mass is 204 g/mol. The normalized spacial score (nSPS) is 64.9. The summed E-state index contributed by atoms with van der Waals surface area (Å²) in [4.78, 5) is 0. The number of ether oxygens (including phenoxy) is 1. The second-order valence-corrected chi connectivity index (χ2v) is 6.29. The molecular weight excluding hydrogens is 184 g/mol. The third-order valence-electron chi connectivity index (χ3n) is 5.81. The van der Waals surface area contributed by atoms with Crippen LogP contribution in [0.4, 0.5) is 0 Å². The standard InChI is InChI=1S/C14H20O/c1-8-4-3-5-11-10-6-12(13(8)11)14(7-10)9(2)15-14/h3-4,8-13H,5-7H2,1-2H3. The van der Waals surface area contributed by atoms with Crippen LogP contribution in [0.2, 0.25) is 0 Å². The summed E-state index contributed by atoms with van der Waals surface area (Å²) in [5.74, 6) is 4.61. The molecule has 7 atom stereocenters. The molecule has 0 amide bonds. The van der Waals surface area contributed by atoms with Gasteiger partial charge in [-0.05, 0) is 55.8 Å². The van der Waals surface area contributed by atoms with Gasteiger partial charge in [-0.15, -0.1) is 0 Å². The molecule has 7 unspecified atom stereocenters. The van der Waals surface area contributed by atoms with E-state index in [1.807, 2.05) is 0 Å². The Morgan fingerprint density at radius 2 is 2.13 bits per heavy atom. The minimum Gasteiger partial charge on any atom is -0.366 e. The SMILES string of the molecule is CC1C=CCC2C3CC(C12)C1(C3)OC1C. The predicted octanol–water partition coefficient (Wildman–Crippen LogP) is 3.01. The highest BCUT2D eigenvalue weighted by Crippen LogP contribution is 2.68. The third-order valence-corrected chi connectivity index (χ3v) is 5.81. The van der Waals surface area contributed by atoms with Crippen molar-refractivity contribution in [3.8, 4) is 0 Å². The largest absolute Gasteiger partial charge is 0.366 e. The van der Waals surface area contributed by atoms with Crippen molar-refractivity contribution in [2.24, 2.45) is 29.6 Å². The number of allylic oxidation sites excluding steroid dienone is 2. The van der Waals surface area contributed by atoms with Crippen molar-refractivity contribution in [2.75, 3.05) is 0 Å². The Morgan fingerprint density at radius 1 is 1.33 bits per heavy atom. The van der Waals surface area contributed by atoms with E-state index in [0.29, 0.717) is 11.7 Å². The van der Waals surface area contributed by atoms with E-state index in [4.69, 9.17) is 4.74 Å². The fraction of sp³-hybridized carbons (Fsp3) is 0.857. The van der Waals surface area contributed by atoms with Gasteiger partial charge in [0, 0.05) is 0 Å². The van der Waals surface area contributed by atoms with Gasteiger partial charge in [0.05, 0.1) is 11.7 Å². The predicted molar refractivity (Wildman–Crippen MR) is 59.4 cm³/mol. The second-order valence-electron chi connectivity index (χ2n) is 6.29. The average molecular weight is 204 g/mol. The maximum Gasteiger partial charge on any atom is 0.0979 e. The summed E-state index contributed by atoms with van der Waals surface area (Å²) in [5, 5.41) is 0. The van der Waals surface area contributed by atoms with Crippen molar-refractivity contribution >= 4 is 0 Å². The maximum absolute atomic E-state index is 5.97. The highest BCUT2D eigenvalue weighted by molar-refractivity contribution is 5.21. The van der Waals surface area contributed by atoms with Gasteiger partial charge in [-0.1, -0.05) is 19.1 Å². The van der Waals surface area contributed by atoms with Gasteiger partial charge in [-0.3, -0.25) is 0 Å². The van der Waals surface area contributed by atoms with Crippen LogP contribution in [0.3, 0.4) is 0 Å². The Bertz CT molecular complexity index is 334. The van der Waals surface area contributed by atoms with Crippen LogP contribution >= 0.6 is 0 Å². The highest BCUT2D eigenvalue weighted by atomic mass is 16.6. The van der Waals surface area contributed by atoms with Crippen LogP contribution in [0.1, 0.15) is 33.1 Å². The summed E-state index contributed by atoms with van der Waals surface area (Å²) in [5.41, 5.74) is 0.352. The molecule has 4 rings (SSSR count). The average Bonchev–Trinajstić information content (AvgIpc) is 2.62. The van der Waals surface area contributed by atoms with Crippen LogP contribution in [0.25, 0.3) is 0 Å². The van der Waals surface area contributed by atoms with Crippen LogP contribution in [-0.2, 0) is 4.74 Å². The fourth-order valence-electron chi connectivity index (χ4n) is 5.17. The molecule has 1 heterocycles. The Balaban J connectivity index is 1.71. The molecule has 1 spiro atoms. The molecule has 1 heteroatoms. The lowest BCUT2D eigenvalue weighted by Crippen LogP contribution is -2.39. The van der Waals surface area contributed by atoms with E-state index in [1.165, 1.54) is 19.3 Å². The van der Waals surface area contributed by atoms with E-state index in [1.54, 1.807) is 0 Å². The van der Waals surface area contributed by atoms with Crippen LogP contribution in [0.15, 0.2) is 12.2 Å². The van der Waals surface area contributed by atoms with Gasteiger partial charge >= 0.3 is 0 Å². The van der Waals surface area contributed by atoms with Gasteiger partial charge < -0.3 is 4.74 Å². The second kappa shape index (κ2) is 2.51. The molecule has 3 aliphatic carbocycles. The number of hydrogen-bond acceptors (Lipinski definition) is 1. The lowest BCUT2D eigenvalue weighted by Gasteiger charge is -2.39. The Kier molecular flexibility index (Phi) is 1.47. The van der Waals surface area contributed by atoms with Crippen LogP contribution in [0, 0.1) is 29.6 Å². The molecule has 2 bridgehead atoms. The molecule has 0 aromatic heterocycles. The molecule has 1 aliphatic heterocycles. The molecule has 0 N–H and O–H groups in total. The zero-order chi connectivity index (χ0) is 10.2. The summed E-state index contributed by atoms with van der Waals surface area (Å²) in [7, 11) is 0. The molecule has 4 aliphatic rings. The summed E-state index contributed by atoms with van der Waals surface area (Å²) >= 11 is 0. The summed E-state index contributed by atoms with van der Waals surface area (Å²) in [6.45, 7) is 4.69. The first-order valence-electron chi connectivity index (χ1n) is 6.57. The lowest BCUT2D eigenvalue weighted by atomic mass is 9.65. The van der Waals surface area contributed by atoms with E-state index in [0.717, 1.165) is 29.6 Å². The Morgan fingerprint density at radius 3 is 2.87 bits per heavy atom. The summed E-state index contributed by atoms with van der Waals surface area (Å²) in [6.07, 6.45) is 9.62. The number of rotatable bonds is 0. The Labute approximate surface area is 91.9 Å². The van der Waals surface area contributed by atoms with Crippen molar-refractivity contribution in [1.29, 1.82) is 0 Å². The number of epoxide rings is 1. The van der Waals surface area contributed by atoms with Gasteiger partial charge in [0.1, 0.15) is 0 Å². The van der Waals surface area contributed by atoms with Gasteiger partial charge in [0.2, 0.25) is 0 Å². The van der Waals surface area contributed by atoms with E-state index >= 15 is 0 Å². The van der Waals surface area contributed by atoms with Crippen LogP contribution in [0.5, 0.6) is 0 Å². The van der Waals surface area contributed by atoms with Gasteiger partial charge in [-0.25, -0.2) is 0 Å². The quantitative estimate of drug-likeness (QED) is 0.436. The van der Waals surface area contributed by atoms with Crippen molar-refractivity contribution < 1.29 is 4.74 Å². The molecule has 15 heavy (non-hydrogen) atoms. The van der Waals surface area contributed by atoms with Crippen molar-refractivity contribution in [3.63, 3.8) is 0 Å².